The van der Waals surface area contributed by atoms with E-state index in [1.807, 2.05) is 78.9 Å². The lowest BCUT2D eigenvalue weighted by atomic mass is 9.54. The van der Waals surface area contributed by atoms with Crippen LogP contribution in [0.5, 0.6) is 0 Å². The molecule has 1 aliphatic heterocycles. The summed E-state index contributed by atoms with van der Waals surface area (Å²) in [5.74, 6) is -1.67. The van der Waals surface area contributed by atoms with Gasteiger partial charge >= 0.3 is 0 Å². The number of anilines is 1. The van der Waals surface area contributed by atoms with Crippen molar-refractivity contribution in [2.24, 2.45) is 11.8 Å². The summed E-state index contributed by atoms with van der Waals surface area (Å²) in [7, 11) is 0. The maximum atomic E-state index is 13.9. The molecule has 2 atom stereocenters. The first-order valence-electron chi connectivity index (χ1n) is 10.8. The topological polar surface area (TPSA) is 37.4 Å². The fourth-order valence-electron chi connectivity index (χ4n) is 6.25. The van der Waals surface area contributed by atoms with E-state index in [0.717, 1.165) is 33.0 Å². The molecular weight excluding hydrogens is 418 g/mol. The standard InChI is InChI=1S/C28H18ClNO2/c29-28-21-11-5-3-9-19(21)23(20-10-4-6-12-22(20)28)24-25(28)27(32)30(26(24)31)18-14-13-16-7-1-2-8-17(16)15-18/h1-15,23-25H/t23?,24-,25+,28?/m1/s1. The molecular formula is C28H18ClNO2. The van der Waals surface area contributed by atoms with Gasteiger partial charge in [0.1, 0.15) is 4.87 Å². The molecule has 0 spiro atoms. The molecule has 2 amide bonds. The van der Waals surface area contributed by atoms with E-state index >= 15 is 0 Å². The Labute approximate surface area is 190 Å². The Balaban J connectivity index is 1.46. The summed E-state index contributed by atoms with van der Waals surface area (Å²) in [5, 5.41) is 2.07. The van der Waals surface area contributed by atoms with Gasteiger partial charge in [-0.3, -0.25) is 9.59 Å². The number of carbonyl (C=O) groups is 2. The smallest absolute Gasteiger partial charge is 0.240 e. The molecule has 154 valence electrons. The quantitative estimate of drug-likeness (QED) is 0.289. The van der Waals surface area contributed by atoms with Crippen molar-refractivity contribution in [1.82, 2.24) is 0 Å². The van der Waals surface area contributed by atoms with Crippen LogP contribution in [0.2, 0.25) is 0 Å². The molecule has 32 heavy (non-hydrogen) atoms. The molecule has 1 heterocycles. The number of halogens is 1. The number of alkyl halides is 1. The van der Waals surface area contributed by atoms with Crippen LogP contribution in [0, 0.1) is 11.8 Å². The summed E-state index contributed by atoms with van der Waals surface area (Å²) < 4.78 is 0. The first kappa shape index (κ1) is 18.2. The van der Waals surface area contributed by atoms with E-state index in [1.165, 1.54) is 4.90 Å². The van der Waals surface area contributed by atoms with Gasteiger partial charge in [-0.2, -0.15) is 0 Å². The van der Waals surface area contributed by atoms with Crippen LogP contribution in [0.25, 0.3) is 10.8 Å². The van der Waals surface area contributed by atoms with E-state index in [0.29, 0.717) is 5.69 Å². The second-order valence-electron chi connectivity index (χ2n) is 8.91. The van der Waals surface area contributed by atoms with Gasteiger partial charge in [-0.05, 0) is 45.2 Å². The van der Waals surface area contributed by atoms with Crippen molar-refractivity contribution in [1.29, 1.82) is 0 Å². The molecule has 3 aliphatic carbocycles. The fraction of sp³-hybridized carbons (Fsp3) is 0.143. The normalized spacial score (nSPS) is 27.4. The second-order valence-corrected chi connectivity index (χ2v) is 9.51. The Bertz CT molecular complexity index is 1430. The van der Waals surface area contributed by atoms with E-state index in [9.17, 15) is 9.59 Å². The molecule has 4 heteroatoms. The van der Waals surface area contributed by atoms with Crippen LogP contribution in [-0.4, -0.2) is 11.8 Å². The summed E-state index contributed by atoms with van der Waals surface area (Å²) in [6.45, 7) is 0. The van der Waals surface area contributed by atoms with Gasteiger partial charge in [0, 0.05) is 5.92 Å². The van der Waals surface area contributed by atoms with Crippen molar-refractivity contribution in [3.05, 3.63) is 113 Å². The molecule has 0 unspecified atom stereocenters. The number of benzene rings is 4. The molecule has 4 aliphatic rings. The van der Waals surface area contributed by atoms with Gasteiger partial charge in [0.25, 0.3) is 0 Å². The Hall–Kier alpha value is -3.43. The van der Waals surface area contributed by atoms with Crippen molar-refractivity contribution >= 4 is 39.9 Å². The Kier molecular flexibility index (Phi) is 3.45. The molecule has 3 nitrogen and oxygen atoms in total. The van der Waals surface area contributed by atoms with Crippen molar-refractivity contribution in [2.75, 3.05) is 4.90 Å². The Morgan fingerprint density at radius 3 is 1.97 bits per heavy atom. The van der Waals surface area contributed by atoms with E-state index in [4.69, 9.17) is 11.6 Å². The molecule has 0 aromatic heterocycles. The SMILES string of the molecule is O=C1[C@@H]2C3c4ccccc4C(Cl)(c4ccccc43)[C@@H]2C(=O)N1c1ccc2ccccc2c1. The summed E-state index contributed by atoms with van der Waals surface area (Å²) >= 11 is 7.47. The molecule has 1 fully saturated rings. The number of imide groups is 1. The maximum Gasteiger partial charge on any atom is 0.240 e. The summed E-state index contributed by atoms with van der Waals surface area (Å²) in [4.78, 5) is 28.1. The maximum absolute atomic E-state index is 13.9. The molecule has 4 aromatic rings. The van der Waals surface area contributed by atoms with Crippen molar-refractivity contribution < 1.29 is 9.59 Å². The third-order valence-corrected chi connectivity index (χ3v) is 8.15. The van der Waals surface area contributed by atoms with Gasteiger partial charge in [0.15, 0.2) is 0 Å². The Morgan fingerprint density at radius 1 is 0.688 bits per heavy atom. The molecule has 0 saturated carbocycles. The van der Waals surface area contributed by atoms with E-state index < -0.39 is 16.7 Å². The average Bonchev–Trinajstić information content (AvgIpc) is 3.10. The predicted molar refractivity (Wildman–Crippen MR) is 125 cm³/mol. The van der Waals surface area contributed by atoms with Crippen LogP contribution in [-0.2, 0) is 14.5 Å². The van der Waals surface area contributed by atoms with Gasteiger partial charge in [-0.15, -0.1) is 11.6 Å². The number of amides is 2. The lowest BCUT2D eigenvalue weighted by Gasteiger charge is -2.50. The van der Waals surface area contributed by atoms with Gasteiger partial charge in [0.2, 0.25) is 11.8 Å². The number of carbonyl (C=O) groups excluding carboxylic acids is 2. The largest absolute Gasteiger partial charge is 0.274 e. The zero-order valence-corrected chi connectivity index (χ0v) is 17.8. The average molecular weight is 436 g/mol. The minimum Gasteiger partial charge on any atom is -0.274 e. The number of fused-ring (bicyclic) bond motifs is 1. The van der Waals surface area contributed by atoms with Crippen molar-refractivity contribution in [3.63, 3.8) is 0 Å². The zero-order chi connectivity index (χ0) is 21.6. The van der Waals surface area contributed by atoms with Crippen molar-refractivity contribution in [2.45, 2.75) is 10.8 Å². The highest BCUT2D eigenvalue weighted by Crippen LogP contribution is 2.65. The van der Waals surface area contributed by atoms with Crippen LogP contribution in [0.15, 0.2) is 91.0 Å². The van der Waals surface area contributed by atoms with Gasteiger partial charge < -0.3 is 0 Å². The number of hydrogen-bond donors (Lipinski definition) is 0. The molecule has 0 radical (unpaired) electrons. The molecule has 0 N–H and O–H groups in total. The lowest BCUT2D eigenvalue weighted by molar-refractivity contribution is -0.122. The minimum absolute atomic E-state index is 0.158. The first-order chi connectivity index (χ1) is 15.6. The monoisotopic (exact) mass is 435 g/mol. The van der Waals surface area contributed by atoms with Crippen LogP contribution >= 0.6 is 11.6 Å². The number of hydrogen-bond acceptors (Lipinski definition) is 2. The lowest BCUT2D eigenvalue weighted by Crippen LogP contribution is -2.50. The van der Waals surface area contributed by atoms with Gasteiger partial charge in [0.05, 0.1) is 17.5 Å². The summed E-state index contributed by atoms with van der Waals surface area (Å²) in [6.07, 6.45) is 0. The number of rotatable bonds is 1. The molecule has 1 saturated heterocycles. The zero-order valence-electron chi connectivity index (χ0n) is 17.0. The summed E-state index contributed by atoms with van der Waals surface area (Å²) in [6, 6.07) is 29.7. The third-order valence-electron chi connectivity index (χ3n) is 7.51. The molecule has 4 aromatic carbocycles. The summed E-state index contributed by atoms with van der Waals surface area (Å²) in [5.41, 5.74) is 4.63. The van der Waals surface area contributed by atoms with E-state index in [2.05, 4.69) is 12.1 Å². The van der Waals surface area contributed by atoms with Gasteiger partial charge in [-0.1, -0.05) is 78.9 Å². The fourth-order valence-corrected chi connectivity index (χ4v) is 6.82. The highest BCUT2D eigenvalue weighted by Gasteiger charge is 2.67. The third kappa shape index (κ3) is 2.03. The highest BCUT2D eigenvalue weighted by atomic mass is 35.5. The number of nitrogens with zero attached hydrogens (tertiary/aromatic N) is 1. The van der Waals surface area contributed by atoms with Crippen LogP contribution < -0.4 is 4.90 Å². The first-order valence-corrected chi connectivity index (χ1v) is 11.2. The van der Waals surface area contributed by atoms with Crippen LogP contribution in [0.4, 0.5) is 5.69 Å². The predicted octanol–water partition coefficient (Wildman–Crippen LogP) is 5.59. The minimum atomic E-state index is -1.05. The van der Waals surface area contributed by atoms with Crippen LogP contribution in [0.3, 0.4) is 0 Å². The van der Waals surface area contributed by atoms with E-state index in [-0.39, 0.29) is 17.7 Å². The molecule has 8 rings (SSSR count). The van der Waals surface area contributed by atoms with Crippen LogP contribution in [0.1, 0.15) is 28.2 Å². The Morgan fingerprint density at radius 2 is 1.28 bits per heavy atom. The molecule has 2 bridgehead atoms. The van der Waals surface area contributed by atoms with E-state index in [1.54, 1.807) is 0 Å². The van der Waals surface area contributed by atoms with Crippen molar-refractivity contribution in [3.8, 4) is 0 Å². The second kappa shape index (κ2) is 6.08. The highest BCUT2D eigenvalue weighted by molar-refractivity contribution is 6.33. The van der Waals surface area contributed by atoms with Gasteiger partial charge in [-0.25, -0.2) is 4.90 Å².